The van der Waals surface area contributed by atoms with E-state index in [1.54, 1.807) is 19.2 Å². The van der Waals surface area contributed by atoms with Crippen molar-refractivity contribution >= 4 is 11.6 Å². The lowest BCUT2D eigenvalue weighted by Gasteiger charge is -2.23. The van der Waals surface area contributed by atoms with Crippen molar-refractivity contribution < 1.29 is 14.7 Å². The average Bonchev–Trinajstić information content (AvgIpc) is 3.09. The van der Waals surface area contributed by atoms with E-state index in [9.17, 15) is 14.7 Å². The van der Waals surface area contributed by atoms with Crippen LogP contribution < -0.4 is 5.56 Å². The van der Waals surface area contributed by atoms with Gasteiger partial charge >= 0.3 is 0 Å². The van der Waals surface area contributed by atoms with Gasteiger partial charge in [0, 0.05) is 19.0 Å². The molecule has 0 unspecified atom stereocenters. The molecule has 1 aliphatic heterocycles. The number of aliphatic hydroxyl groups excluding tert-OH is 1. The van der Waals surface area contributed by atoms with Crippen molar-refractivity contribution in [2.75, 3.05) is 20.3 Å². The summed E-state index contributed by atoms with van der Waals surface area (Å²) in [6, 6.07) is 8.82. The Labute approximate surface area is 163 Å². The Kier molecular flexibility index (Phi) is 5.65. The molecule has 2 aromatic rings. The first-order valence-corrected chi connectivity index (χ1v) is 9.16. The van der Waals surface area contributed by atoms with Gasteiger partial charge in [-0.15, -0.1) is 0 Å². The molecule has 0 spiro atoms. The molecular formula is C21H25N3O4. The number of likely N-dealkylation sites (tertiary alicyclic amines) is 1. The molecule has 1 N–H and O–H groups in total. The fourth-order valence-electron chi connectivity index (χ4n) is 3.61. The van der Waals surface area contributed by atoms with Gasteiger partial charge in [-0.1, -0.05) is 23.4 Å². The molecule has 0 saturated carbocycles. The van der Waals surface area contributed by atoms with Crippen LogP contribution in [0.3, 0.4) is 0 Å². The summed E-state index contributed by atoms with van der Waals surface area (Å²) in [5.41, 5.74) is 4.30. The van der Waals surface area contributed by atoms with Gasteiger partial charge in [-0.2, -0.15) is 0 Å². The van der Waals surface area contributed by atoms with Gasteiger partial charge in [-0.3, -0.25) is 9.59 Å². The molecule has 3 rings (SSSR count). The van der Waals surface area contributed by atoms with Crippen LogP contribution in [0.1, 0.15) is 28.0 Å². The number of carbonyl (C=O) groups is 1. The Hall–Kier alpha value is -2.93. The van der Waals surface area contributed by atoms with Gasteiger partial charge in [-0.05, 0) is 42.7 Å². The summed E-state index contributed by atoms with van der Waals surface area (Å²) in [4.78, 5) is 32.4. The molecule has 1 aliphatic rings. The first kappa shape index (κ1) is 19.8. The molecule has 0 radical (unpaired) electrons. The molecule has 1 aromatic heterocycles. The third kappa shape index (κ3) is 3.45. The Morgan fingerprint density at radius 3 is 2.68 bits per heavy atom. The number of nitrogens with zero attached hydrogens (tertiary/aromatic N) is 3. The first-order chi connectivity index (χ1) is 13.4. The van der Waals surface area contributed by atoms with Crippen molar-refractivity contribution in [3.05, 3.63) is 57.5 Å². The number of benzene rings is 1. The van der Waals surface area contributed by atoms with E-state index in [0.717, 1.165) is 16.7 Å². The molecule has 2 heterocycles. The van der Waals surface area contributed by atoms with E-state index in [1.165, 1.54) is 16.6 Å². The zero-order valence-corrected chi connectivity index (χ0v) is 16.6. The summed E-state index contributed by atoms with van der Waals surface area (Å²) in [6.45, 7) is 4.08. The number of carbonyl (C=O) groups excluding carboxylic acids is 1. The predicted molar refractivity (Wildman–Crippen MR) is 108 cm³/mol. The smallest absolute Gasteiger partial charge is 0.271 e. The van der Waals surface area contributed by atoms with Crippen LogP contribution in [0.25, 0.3) is 11.1 Å². The number of rotatable bonds is 4. The van der Waals surface area contributed by atoms with Crippen LogP contribution in [0.5, 0.6) is 0 Å². The van der Waals surface area contributed by atoms with E-state index < -0.39 is 0 Å². The van der Waals surface area contributed by atoms with Gasteiger partial charge in [0.05, 0.1) is 24.9 Å². The maximum absolute atomic E-state index is 13.1. The van der Waals surface area contributed by atoms with Crippen molar-refractivity contribution in [1.82, 2.24) is 9.47 Å². The van der Waals surface area contributed by atoms with Gasteiger partial charge in [0.1, 0.15) is 12.8 Å². The Morgan fingerprint density at radius 2 is 2.00 bits per heavy atom. The second-order valence-corrected chi connectivity index (χ2v) is 7.06. The highest BCUT2D eigenvalue weighted by atomic mass is 16.6. The van der Waals surface area contributed by atoms with Gasteiger partial charge in [-0.25, -0.2) is 0 Å². The lowest BCUT2D eigenvalue weighted by molar-refractivity contribution is 0.0669. The van der Waals surface area contributed by atoms with Crippen LogP contribution >= 0.6 is 0 Å². The fourth-order valence-corrected chi connectivity index (χ4v) is 3.61. The topological polar surface area (TPSA) is 84.1 Å². The SMILES string of the molecule is CO/N=C1\C[C@@H](CO)N(C(=O)c2ccc(-c3cccc(C)c3C)c(=O)n2C)C1. The summed E-state index contributed by atoms with van der Waals surface area (Å²) < 4.78 is 1.37. The van der Waals surface area contributed by atoms with E-state index in [4.69, 9.17) is 4.84 Å². The zero-order valence-electron chi connectivity index (χ0n) is 16.6. The van der Waals surface area contributed by atoms with Crippen LogP contribution in [0.15, 0.2) is 40.3 Å². The van der Waals surface area contributed by atoms with Crippen molar-refractivity contribution in [3.8, 4) is 11.1 Å². The molecule has 1 atom stereocenters. The number of aliphatic hydroxyl groups is 1. The number of oxime groups is 1. The van der Waals surface area contributed by atoms with Gasteiger partial charge in [0.15, 0.2) is 0 Å². The molecular weight excluding hydrogens is 358 g/mol. The molecule has 1 saturated heterocycles. The van der Waals surface area contributed by atoms with Crippen LogP contribution in [0, 0.1) is 13.8 Å². The van der Waals surface area contributed by atoms with Crippen LogP contribution in [0.4, 0.5) is 0 Å². The van der Waals surface area contributed by atoms with Gasteiger partial charge in [0.25, 0.3) is 11.5 Å². The van der Waals surface area contributed by atoms with Crippen LogP contribution in [-0.2, 0) is 11.9 Å². The highest BCUT2D eigenvalue weighted by Gasteiger charge is 2.34. The molecule has 28 heavy (non-hydrogen) atoms. The number of hydrogen-bond acceptors (Lipinski definition) is 5. The lowest BCUT2D eigenvalue weighted by atomic mass is 9.98. The Morgan fingerprint density at radius 1 is 1.25 bits per heavy atom. The molecule has 1 aromatic carbocycles. The maximum Gasteiger partial charge on any atom is 0.271 e. The lowest BCUT2D eigenvalue weighted by Crippen LogP contribution is -2.40. The van der Waals surface area contributed by atoms with E-state index in [0.29, 0.717) is 17.7 Å². The van der Waals surface area contributed by atoms with Crippen LogP contribution in [0.2, 0.25) is 0 Å². The highest BCUT2D eigenvalue weighted by molar-refractivity contribution is 5.99. The van der Waals surface area contributed by atoms with Crippen molar-refractivity contribution in [2.45, 2.75) is 26.3 Å². The number of aromatic nitrogens is 1. The maximum atomic E-state index is 13.1. The van der Waals surface area contributed by atoms with E-state index in [1.807, 2.05) is 32.0 Å². The van der Waals surface area contributed by atoms with E-state index in [-0.39, 0.29) is 36.4 Å². The summed E-state index contributed by atoms with van der Waals surface area (Å²) in [6.07, 6.45) is 0.449. The highest BCUT2D eigenvalue weighted by Crippen LogP contribution is 2.24. The summed E-state index contributed by atoms with van der Waals surface area (Å²) in [5, 5.41) is 13.5. The first-order valence-electron chi connectivity index (χ1n) is 9.16. The zero-order chi connectivity index (χ0) is 20.4. The molecule has 1 amide bonds. The average molecular weight is 383 g/mol. The van der Waals surface area contributed by atoms with E-state index >= 15 is 0 Å². The Balaban J connectivity index is 1.99. The normalized spacial score (nSPS) is 18.0. The quantitative estimate of drug-likeness (QED) is 0.817. The van der Waals surface area contributed by atoms with Crippen molar-refractivity contribution in [2.24, 2.45) is 12.2 Å². The minimum Gasteiger partial charge on any atom is -0.399 e. The standard InChI is InChI=1S/C21H25N3O4/c1-13-6-5-7-17(14(13)2)18-8-9-19(23(3)20(18)26)21(27)24-11-15(22-28-4)10-16(24)12-25/h5-9,16,25H,10-12H2,1-4H3/b22-15+/t16-/m0/s1. The molecule has 7 nitrogen and oxygen atoms in total. The largest absolute Gasteiger partial charge is 0.399 e. The summed E-state index contributed by atoms with van der Waals surface area (Å²) in [7, 11) is 3.04. The third-order valence-electron chi connectivity index (χ3n) is 5.38. The fraction of sp³-hybridized carbons (Fsp3) is 0.381. The monoisotopic (exact) mass is 383 g/mol. The minimum absolute atomic E-state index is 0.178. The molecule has 7 heteroatoms. The summed E-state index contributed by atoms with van der Waals surface area (Å²) >= 11 is 0. The second-order valence-electron chi connectivity index (χ2n) is 7.06. The second kappa shape index (κ2) is 7.98. The number of pyridine rings is 1. The van der Waals surface area contributed by atoms with Crippen molar-refractivity contribution in [3.63, 3.8) is 0 Å². The van der Waals surface area contributed by atoms with Gasteiger partial charge in [0.2, 0.25) is 0 Å². The molecule has 1 fully saturated rings. The van der Waals surface area contributed by atoms with E-state index in [2.05, 4.69) is 5.16 Å². The molecule has 148 valence electrons. The predicted octanol–water partition coefficient (Wildman–Crippen LogP) is 1.88. The number of hydrogen-bond donors (Lipinski definition) is 1. The molecule has 0 bridgehead atoms. The number of aryl methyl sites for hydroxylation is 1. The van der Waals surface area contributed by atoms with Crippen LogP contribution in [-0.4, -0.2) is 52.5 Å². The number of amides is 1. The van der Waals surface area contributed by atoms with Gasteiger partial charge < -0.3 is 19.4 Å². The minimum atomic E-state index is -0.379. The third-order valence-corrected chi connectivity index (χ3v) is 5.38. The molecule has 0 aliphatic carbocycles. The Bertz CT molecular complexity index is 994. The summed E-state index contributed by atoms with van der Waals surface area (Å²) in [5.74, 6) is -0.313. The van der Waals surface area contributed by atoms with Crippen molar-refractivity contribution in [1.29, 1.82) is 0 Å².